The molecule has 2 aromatic rings. The summed E-state index contributed by atoms with van der Waals surface area (Å²) in [6, 6.07) is 5.42. The van der Waals surface area contributed by atoms with Gasteiger partial charge >= 0.3 is 0 Å². The van der Waals surface area contributed by atoms with Crippen LogP contribution in [0.2, 0.25) is 0 Å². The number of anilines is 3. The third-order valence-corrected chi connectivity index (χ3v) is 2.63. The molecule has 2 rings (SSSR count). The van der Waals surface area contributed by atoms with Gasteiger partial charge in [0.05, 0.1) is 30.2 Å². The predicted molar refractivity (Wildman–Crippen MR) is 73.4 cm³/mol. The Balaban J connectivity index is 2.35. The second kappa shape index (κ2) is 5.43. The van der Waals surface area contributed by atoms with Crippen LogP contribution in [0.4, 0.5) is 21.6 Å². The standard InChI is InChI=1S/C13H13FN4O2/c1-20-11-4-7(14)2-3-10(11)18-12-5-8(13(16)19)9(15)6-17-12/h2-6H,15H2,1H3,(H2,16,19)(H,17,18). The summed E-state index contributed by atoms with van der Waals surface area (Å²) in [6.45, 7) is 0. The highest BCUT2D eigenvalue weighted by Gasteiger charge is 2.10. The average Bonchev–Trinajstić information content (AvgIpc) is 2.42. The van der Waals surface area contributed by atoms with Crippen LogP contribution in [0.3, 0.4) is 0 Å². The molecule has 0 radical (unpaired) electrons. The number of primary amides is 1. The van der Waals surface area contributed by atoms with E-state index in [1.807, 2.05) is 0 Å². The zero-order valence-electron chi connectivity index (χ0n) is 10.7. The smallest absolute Gasteiger partial charge is 0.250 e. The largest absolute Gasteiger partial charge is 0.494 e. The van der Waals surface area contributed by atoms with Crippen molar-refractivity contribution in [1.82, 2.24) is 4.98 Å². The summed E-state index contributed by atoms with van der Waals surface area (Å²) in [5.74, 6) is -0.420. The van der Waals surface area contributed by atoms with Crippen LogP contribution < -0.4 is 21.5 Å². The molecule has 104 valence electrons. The molecule has 0 spiro atoms. The third-order valence-electron chi connectivity index (χ3n) is 2.63. The second-order valence-electron chi connectivity index (χ2n) is 3.99. The topological polar surface area (TPSA) is 103 Å². The molecule has 0 atom stereocenters. The number of nitrogens with one attached hydrogen (secondary N) is 1. The fourth-order valence-electron chi connectivity index (χ4n) is 1.65. The molecule has 1 amide bonds. The molecule has 1 heterocycles. The normalized spacial score (nSPS) is 10.1. The number of carbonyl (C=O) groups is 1. The minimum atomic E-state index is -0.654. The van der Waals surface area contributed by atoms with Crippen LogP contribution in [0.25, 0.3) is 0 Å². The number of benzene rings is 1. The van der Waals surface area contributed by atoms with Gasteiger partial charge in [-0.1, -0.05) is 0 Å². The van der Waals surface area contributed by atoms with E-state index in [1.54, 1.807) is 0 Å². The number of rotatable bonds is 4. The lowest BCUT2D eigenvalue weighted by Gasteiger charge is -2.11. The summed E-state index contributed by atoms with van der Waals surface area (Å²) in [5.41, 5.74) is 11.6. The van der Waals surface area contributed by atoms with Gasteiger partial charge in [0.15, 0.2) is 0 Å². The summed E-state index contributed by atoms with van der Waals surface area (Å²) < 4.78 is 18.1. The van der Waals surface area contributed by atoms with E-state index in [9.17, 15) is 9.18 Å². The Kier molecular flexibility index (Phi) is 3.69. The van der Waals surface area contributed by atoms with Gasteiger partial charge in [-0.25, -0.2) is 9.37 Å². The highest BCUT2D eigenvalue weighted by Crippen LogP contribution is 2.28. The molecule has 0 saturated carbocycles. The number of nitrogen functional groups attached to an aromatic ring is 1. The molecule has 0 bridgehead atoms. The number of pyridine rings is 1. The quantitative estimate of drug-likeness (QED) is 0.787. The molecule has 0 unspecified atom stereocenters. The zero-order valence-corrected chi connectivity index (χ0v) is 10.7. The maximum atomic E-state index is 13.1. The van der Waals surface area contributed by atoms with E-state index in [2.05, 4.69) is 10.3 Å². The van der Waals surface area contributed by atoms with E-state index >= 15 is 0 Å². The van der Waals surface area contributed by atoms with Gasteiger partial charge in [0.25, 0.3) is 5.91 Å². The number of hydrogen-bond acceptors (Lipinski definition) is 5. The minimum absolute atomic E-state index is 0.156. The van der Waals surface area contributed by atoms with Crippen molar-refractivity contribution in [3.05, 3.63) is 41.8 Å². The van der Waals surface area contributed by atoms with Crippen molar-refractivity contribution in [2.24, 2.45) is 5.73 Å². The first-order valence-electron chi connectivity index (χ1n) is 5.67. The van der Waals surface area contributed by atoms with Crippen molar-refractivity contribution in [2.75, 3.05) is 18.2 Å². The van der Waals surface area contributed by atoms with Gasteiger partial charge < -0.3 is 21.5 Å². The molecule has 0 aliphatic carbocycles. The van der Waals surface area contributed by atoms with Crippen molar-refractivity contribution in [1.29, 1.82) is 0 Å². The first-order chi connectivity index (χ1) is 9.51. The number of amides is 1. The van der Waals surface area contributed by atoms with Crippen LogP contribution in [-0.2, 0) is 0 Å². The molecule has 6 nitrogen and oxygen atoms in total. The Hall–Kier alpha value is -2.83. The monoisotopic (exact) mass is 276 g/mol. The van der Waals surface area contributed by atoms with Gasteiger partial charge in [-0.05, 0) is 18.2 Å². The van der Waals surface area contributed by atoms with E-state index in [-0.39, 0.29) is 11.3 Å². The molecular weight excluding hydrogens is 263 g/mol. The van der Waals surface area contributed by atoms with Gasteiger partial charge in [-0.15, -0.1) is 0 Å². The van der Waals surface area contributed by atoms with Gasteiger partial charge in [-0.2, -0.15) is 0 Å². The number of halogens is 1. The molecule has 0 aliphatic rings. The number of methoxy groups -OCH3 is 1. The first-order valence-corrected chi connectivity index (χ1v) is 5.67. The number of aromatic nitrogens is 1. The maximum absolute atomic E-state index is 13.1. The summed E-state index contributed by atoms with van der Waals surface area (Å²) in [4.78, 5) is 15.2. The van der Waals surface area contributed by atoms with E-state index in [0.29, 0.717) is 17.3 Å². The Morgan fingerprint density at radius 3 is 2.80 bits per heavy atom. The van der Waals surface area contributed by atoms with Crippen LogP contribution >= 0.6 is 0 Å². The lowest BCUT2D eigenvalue weighted by molar-refractivity contribution is 0.100. The van der Waals surface area contributed by atoms with Crippen molar-refractivity contribution in [2.45, 2.75) is 0 Å². The maximum Gasteiger partial charge on any atom is 0.250 e. The highest BCUT2D eigenvalue weighted by molar-refractivity contribution is 5.98. The predicted octanol–water partition coefficient (Wildman–Crippen LogP) is 1.65. The van der Waals surface area contributed by atoms with E-state index in [1.165, 1.54) is 37.6 Å². The first kappa shape index (κ1) is 13.6. The average molecular weight is 276 g/mol. The Morgan fingerprint density at radius 1 is 1.40 bits per heavy atom. The van der Waals surface area contributed by atoms with Crippen LogP contribution in [-0.4, -0.2) is 18.0 Å². The number of carbonyl (C=O) groups excluding carboxylic acids is 1. The van der Waals surface area contributed by atoms with Crippen LogP contribution in [0.5, 0.6) is 5.75 Å². The number of nitrogens with two attached hydrogens (primary N) is 2. The van der Waals surface area contributed by atoms with Gasteiger partial charge in [0, 0.05) is 6.07 Å². The molecule has 5 N–H and O–H groups in total. The fraction of sp³-hybridized carbons (Fsp3) is 0.0769. The molecule has 0 saturated heterocycles. The second-order valence-corrected chi connectivity index (χ2v) is 3.99. The zero-order chi connectivity index (χ0) is 14.7. The third kappa shape index (κ3) is 2.77. The molecule has 0 fully saturated rings. The Labute approximate surface area is 114 Å². The molecular formula is C13H13FN4O2. The van der Waals surface area contributed by atoms with Crippen molar-refractivity contribution in [3.8, 4) is 5.75 Å². The summed E-state index contributed by atoms with van der Waals surface area (Å²) in [5, 5.41) is 2.91. The summed E-state index contributed by atoms with van der Waals surface area (Å²) in [7, 11) is 1.42. The van der Waals surface area contributed by atoms with E-state index in [4.69, 9.17) is 16.2 Å². The van der Waals surface area contributed by atoms with E-state index < -0.39 is 11.7 Å². The van der Waals surface area contributed by atoms with Crippen LogP contribution in [0, 0.1) is 5.82 Å². The van der Waals surface area contributed by atoms with Gasteiger partial charge in [0.2, 0.25) is 0 Å². The van der Waals surface area contributed by atoms with Gasteiger partial charge in [-0.3, -0.25) is 4.79 Å². The lowest BCUT2D eigenvalue weighted by Crippen LogP contribution is -2.14. The highest BCUT2D eigenvalue weighted by atomic mass is 19.1. The fourth-order valence-corrected chi connectivity index (χ4v) is 1.65. The minimum Gasteiger partial charge on any atom is -0.494 e. The Morgan fingerprint density at radius 2 is 2.15 bits per heavy atom. The molecule has 0 aliphatic heterocycles. The van der Waals surface area contributed by atoms with E-state index in [0.717, 1.165) is 0 Å². The number of ether oxygens (including phenoxy) is 1. The van der Waals surface area contributed by atoms with Crippen molar-refractivity contribution >= 4 is 23.1 Å². The molecule has 1 aromatic heterocycles. The van der Waals surface area contributed by atoms with Crippen LogP contribution in [0.1, 0.15) is 10.4 Å². The number of nitrogens with zero attached hydrogens (tertiary/aromatic N) is 1. The van der Waals surface area contributed by atoms with Crippen LogP contribution in [0.15, 0.2) is 30.5 Å². The molecule has 7 heteroatoms. The molecule has 20 heavy (non-hydrogen) atoms. The summed E-state index contributed by atoms with van der Waals surface area (Å²) in [6.07, 6.45) is 1.32. The number of hydrogen-bond donors (Lipinski definition) is 3. The summed E-state index contributed by atoms with van der Waals surface area (Å²) >= 11 is 0. The Bertz CT molecular complexity index is 661. The van der Waals surface area contributed by atoms with Gasteiger partial charge in [0.1, 0.15) is 17.4 Å². The molecule has 1 aromatic carbocycles. The van der Waals surface area contributed by atoms with Crippen molar-refractivity contribution in [3.63, 3.8) is 0 Å². The lowest BCUT2D eigenvalue weighted by atomic mass is 10.2. The SMILES string of the molecule is COc1cc(F)ccc1Nc1cc(C(N)=O)c(N)cn1. The van der Waals surface area contributed by atoms with Crippen molar-refractivity contribution < 1.29 is 13.9 Å².